The lowest BCUT2D eigenvalue weighted by Gasteiger charge is -2.34. The smallest absolute Gasteiger partial charge is 0.412 e. The maximum atomic E-state index is 12.6. The van der Waals surface area contributed by atoms with Gasteiger partial charge in [0.1, 0.15) is 11.3 Å². The van der Waals surface area contributed by atoms with E-state index in [0.717, 1.165) is 12.8 Å². The third-order valence-electron chi connectivity index (χ3n) is 5.71. The third-order valence-corrected chi connectivity index (χ3v) is 5.71. The third kappa shape index (κ3) is 11.4. The Kier molecular flexibility index (Phi) is 12.7. The van der Waals surface area contributed by atoms with E-state index in [4.69, 9.17) is 9.47 Å². The summed E-state index contributed by atoms with van der Waals surface area (Å²) < 4.78 is 11.5. The van der Waals surface area contributed by atoms with Crippen LogP contribution in [0, 0.1) is 0 Å². The predicted molar refractivity (Wildman–Crippen MR) is 127 cm³/mol. The molecule has 4 heteroatoms. The van der Waals surface area contributed by atoms with Crippen molar-refractivity contribution in [3.63, 3.8) is 0 Å². The molecule has 0 aromatic rings. The minimum Gasteiger partial charge on any atom is -0.444 e. The molecule has 1 atom stereocenters. The maximum Gasteiger partial charge on any atom is 0.412 e. The van der Waals surface area contributed by atoms with Gasteiger partial charge in [0, 0.05) is 0 Å². The summed E-state index contributed by atoms with van der Waals surface area (Å²) in [4.78, 5) is 14.4. The zero-order valence-corrected chi connectivity index (χ0v) is 20.8. The molecule has 1 rings (SSSR count). The Morgan fingerprint density at radius 3 is 2.03 bits per heavy atom. The topological polar surface area (TPSA) is 38.8 Å². The van der Waals surface area contributed by atoms with Gasteiger partial charge in [-0.05, 0) is 53.9 Å². The summed E-state index contributed by atoms with van der Waals surface area (Å²) in [5.41, 5.74) is -1.11. The second-order valence-electron chi connectivity index (χ2n) is 10.3. The fourth-order valence-electron chi connectivity index (χ4n) is 4.03. The average Bonchev–Trinajstić information content (AvgIpc) is 2.95. The lowest BCUT2D eigenvalue weighted by Crippen LogP contribution is -2.49. The number of ether oxygens (including phenoxy) is 2. The molecule has 0 aliphatic carbocycles. The van der Waals surface area contributed by atoms with Gasteiger partial charge < -0.3 is 9.47 Å². The summed E-state index contributed by atoms with van der Waals surface area (Å²) in [5, 5.41) is 0. The van der Waals surface area contributed by atoms with Gasteiger partial charge in [-0.2, -0.15) is 0 Å². The Labute approximate surface area is 186 Å². The highest BCUT2D eigenvalue weighted by molar-refractivity contribution is 5.69. The number of hydrogen-bond acceptors (Lipinski definition) is 3. The standard InChI is InChI=1S/C26H49NO3/c1-7-8-9-10-11-12-13-14-15-16-17-18-19-20-21-23-22-29-26(5,6)27(23)24(28)30-25(2,3)4/h19-20,23H,7-18,21-22H2,1-6H3/b20-19+/t23-/m0/s1. The van der Waals surface area contributed by atoms with E-state index < -0.39 is 11.3 Å². The summed E-state index contributed by atoms with van der Waals surface area (Å²) in [6, 6.07) is 0.0448. The first-order valence-electron chi connectivity index (χ1n) is 12.5. The van der Waals surface area contributed by atoms with Crippen molar-refractivity contribution >= 4 is 6.09 Å². The van der Waals surface area contributed by atoms with Gasteiger partial charge in [-0.1, -0.05) is 83.3 Å². The van der Waals surface area contributed by atoms with E-state index in [9.17, 15) is 4.79 Å². The molecule has 0 aromatic heterocycles. The van der Waals surface area contributed by atoms with Crippen LogP contribution in [0.1, 0.15) is 125 Å². The first kappa shape index (κ1) is 27.0. The molecule has 1 fully saturated rings. The highest BCUT2D eigenvalue weighted by Crippen LogP contribution is 2.31. The Balaban J connectivity index is 2.16. The van der Waals surface area contributed by atoms with Crippen LogP contribution in [0.5, 0.6) is 0 Å². The number of unbranched alkanes of at least 4 members (excludes halogenated alkanes) is 11. The lowest BCUT2D eigenvalue weighted by molar-refractivity contribution is -0.0623. The number of carbonyl (C=O) groups is 1. The number of hydrogen-bond donors (Lipinski definition) is 0. The van der Waals surface area contributed by atoms with Crippen LogP contribution in [0.2, 0.25) is 0 Å². The summed E-state index contributed by atoms with van der Waals surface area (Å²) in [7, 11) is 0. The molecule has 0 N–H and O–H groups in total. The van der Waals surface area contributed by atoms with Gasteiger partial charge in [0.05, 0.1) is 12.6 Å². The fourth-order valence-corrected chi connectivity index (χ4v) is 4.03. The molecule has 1 amide bonds. The molecule has 1 aliphatic heterocycles. The van der Waals surface area contributed by atoms with Gasteiger partial charge in [-0.3, -0.25) is 4.90 Å². The molecular formula is C26H49NO3. The Bertz CT molecular complexity index is 493. The van der Waals surface area contributed by atoms with Crippen molar-refractivity contribution in [1.29, 1.82) is 0 Å². The molecule has 0 radical (unpaired) electrons. The molecule has 1 saturated heterocycles. The van der Waals surface area contributed by atoms with Crippen molar-refractivity contribution < 1.29 is 14.3 Å². The minimum absolute atomic E-state index is 0.0448. The highest BCUT2D eigenvalue weighted by atomic mass is 16.6. The molecule has 0 aromatic carbocycles. The molecule has 0 bridgehead atoms. The maximum absolute atomic E-state index is 12.6. The van der Waals surface area contributed by atoms with Gasteiger partial charge in [0.15, 0.2) is 0 Å². The average molecular weight is 424 g/mol. The minimum atomic E-state index is -0.614. The molecule has 0 spiro atoms. The van der Waals surface area contributed by atoms with Gasteiger partial charge >= 0.3 is 6.09 Å². The second-order valence-corrected chi connectivity index (χ2v) is 10.3. The van der Waals surface area contributed by atoms with E-state index in [-0.39, 0.29) is 12.1 Å². The summed E-state index contributed by atoms with van der Waals surface area (Å²) in [6.45, 7) is 12.4. The van der Waals surface area contributed by atoms with E-state index in [1.807, 2.05) is 34.6 Å². The Hall–Kier alpha value is -1.03. The van der Waals surface area contributed by atoms with Crippen LogP contribution < -0.4 is 0 Å². The SMILES string of the molecule is CCCCCCCCCCCCC/C=C/C[C@H]1COC(C)(C)N1C(=O)OC(C)(C)C. The van der Waals surface area contributed by atoms with Crippen LogP contribution in [0.4, 0.5) is 4.79 Å². The number of allylic oxidation sites excluding steroid dienone is 1. The first-order valence-corrected chi connectivity index (χ1v) is 12.5. The largest absolute Gasteiger partial charge is 0.444 e. The van der Waals surface area contributed by atoms with Crippen molar-refractivity contribution in [3.05, 3.63) is 12.2 Å². The van der Waals surface area contributed by atoms with Crippen LogP contribution in [0.15, 0.2) is 12.2 Å². The van der Waals surface area contributed by atoms with Gasteiger partial charge in [-0.15, -0.1) is 0 Å². The highest BCUT2D eigenvalue weighted by Gasteiger charge is 2.45. The van der Waals surface area contributed by atoms with Gasteiger partial charge in [0.2, 0.25) is 0 Å². The molecular weight excluding hydrogens is 374 g/mol. The van der Waals surface area contributed by atoms with E-state index >= 15 is 0 Å². The predicted octanol–water partition coefficient (Wildman–Crippen LogP) is 8.01. The van der Waals surface area contributed by atoms with E-state index in [2.05, 4.69) is 19.1 Å². The van der Waals surface area contributed by atoms with Crippen LogP contribution in [-0.4, -0.2) is 35.0 Å². The molecule has 0 saturated carbocycles. The van der Waals surface area contributed by atoms with Gasteiger partial charge in [-0.25, -0.2) is 4.79 Å². The number of amides is 1. The van der Waals surface area contributed by atoms with E-state index in [1.165, 1.54) is 70.6 Å². The quantitative estimate of drug-likeness (QED) is 0.210. The van der Waals surface area contributed by atoms with Crippen molar-refractivity contribution in [2.75, 3.05) is 6.61 Å². The first-order chi connectivity index (χ1) is 14.2. The van der Waals surface area contributed by atoms with Gasteiger partial charge in [0.25, 0.3) is 0 Å². The fraction of sp³-hybridized carbons (Fsp3) is 0.885. The van der Waals surface area contributed by atoms with Crippen molar-refractivity contribution in [1.82, 2.24) is 4.90 Å². The van der Waals surface area contributed by atoms with Crippen molar-refractivity contribution in [2.45, 2.75) is 142 Å². The lowest BCUT2D eigenvalue weighted by atomic mass is 10.0. The Morgan fingerprint density at radius 2 is 1.50 bits per heavy atom. The monoisotopic (exact) mass is 423 g/mol. The molecule has 0 unspecified atom stereocenters. The second kappa shape index (κ2) is 14.1. The van der Waals surface area contributed by atoms with Crippen LogP contribution >= 0.6 is 0 Å². The van der Waals surface area contributed by atoms with E-state index in [1.54, 1.807) is 4.90 Å². The van der Waals surface area contributed by atoms with Crippen molar-refractivity contribution in [2.24, 2.45) is 0 Å². The number of rotatable bonds is 14. The van der Waals surface area contributed by atoms with Crippen LogP contribution in [0.3, 0.4) is 0 Å². The molecule has 30 heavy (non-hydrogen) atoms. The molecule has 176 valence electrons. The van der Waals surface area contributed by atoms with Crippen LogP contribution in [-0.2, 0) is 9.47 Å². The zero-order chi connectivity index (χ0) is 22.5. The molecule has 1 aliphatic rings. The van der Waals surface area contributed by atoms with Crippen LogP contribution in [0.25, 0.3) is 0 Å². The normalized spacial score (nSPS) is 19.0. The zero-order valence-electron chi connectivity index (χ0n) is 20.8. The number of nitrogens with zero attached hydrogens (tertiary/aromatic N) is 1. The summed E-state index contributed by atoms with van der Waals surface area (Å²) in [5.74, 6) is 0. The van der Waals surface area contributed by atoms with Crippen molar-refractivity contribution in [3.8, 4) is 0 Å². The Morgan fingerprint density at radius 1 is 0.967 bits per heavy atom. The number of carbonyl (C=O) groups excluding carboxylic acids is 1. The molecule has 1 heterocycles. The molecule has 4 nitrogen and oxygen atoms in total. The van der Waals surface area contributed by atoms with E-state index in [0.29, 0.717) is 6.61 Å². The summed E-state index contributed by atoms with van der Waals surface area (Å²) in [6.07, 6.45) is 21.3. The summed E-state index contributed by atoms with van der Waals surface area (Å²) >= 11 is 0.